The Morgan fingerprint density at radius 1 is 0.121 bits per heavy atom. The highest BCUT2D eigenvalue weighted by molar-refractivity contribution is 8.94. The van der Waals surface area contributed by atoms with Gasteiger partial charge in [-0.15, -0.1) is 153 Å². The SMILES string of the molecule is Br.Br.Br.Br.Br.Br.Br.Br.Br.CC1(C)CC(=O)CC(=O)C1.CC1(C)CC(=O)CC(=O)C1.CC1(C)CC(=O)CC(=O)C1.CC1(C)CC(=O)CC(=O)C1.CC1(C)CC(=O)CC(=O)C1.CC1(C)CC(=O)CC(=O)C1.CC1(C)CC(=O)CC(=O)C1.CC1(C)CC(=O)CC(=O)C1.CC1(C)CC(=O)CC(=O)C1. The van der Waals surface area contributed by atoms with Gasteiger partial charge in [0.25, 0.3) is 0 Å². The Bertz CT molecular complexity index is 2100. The van der Waals surface area contributed by atoms with Crippen LogP contribution in [0.25, 0.3) is 0 Å². The van der Waals surface area contributed by atoms with E-state index in [1.54, 1.807) is 0 Å². The molecular weight excluding hydrogens is 1870 g/mol. The molecular formula is C72H117Br9O18. The molecule has 576 valence electrons. The Morgan fingerprint density at radius 2 is 0.162 bits per heavy atom. The molecule has 0 bridgehead atoms. The number of halogens is 9. The third-order valence-corrected chi connectivity index (χ3v) is 15.7. The van der Waals surface area contributed by atoms with Crippen LogP contribution in [-0.4, -0.2) is 104 Å². The summed E-state index contributed by atoms with van der Waals surface area (Å²) in [6.45, 7) is 35.3. The summed E-state index contributed by atoms with van der Waals surface area (Å²) in [5, 5.41) is 0. The summed E-state index contributed by atoms with van der Waals surface area (Å²) < 4.78 is 0. The van der Waals surface area contributed by atoms with Crippen LogP contribution < -0.4 is 0 Å². The molecule has 27 heteroatoms. The molecule has 0 heterocycles. The van der Waals surface area contributed by atoms with Crippen LogP contribution in [0.2, 0.25) is 0 Å². The van der Waals surface area contributed by atoms with E-state index in [1.165, 1.54) is 0 Å². The van der Waals surface area contributed by atoms with Crippen LogP contribution in [0.1, 0.15) is 298 Å². The van der Waals surface area contributed by atoms with Crippen molar-refractivity contribution >= 4 is 257 Å². The number of hydrogen-bond donors (Lipinski definition) is 0. The smallest absolute Gasteiger partial charge is 0.140 e. The first-order valence-electron chi connectivity index (χ1n) is 31.8. The highest BCUT2D eigenvalue weighted by Crippen LogP contribution is 2.37. The summed E-state index contributed by atoms with van der Waals surface area (Å²) in [5.41, 5.74) is -0.693. The van der Waals surface area contributed by atoms with E-state index in [9.17, 15) is 86.3 Å². The second kappa shape index (κ2) is 49.3. The lowest BCUT2D eigenvalue weighted by atomic mass is 9.76. The molecule has 9 saturated carbocycles. The lowest BCUT2D eigenvalue weighted by Crippen LogP contribution is -2.28. The van der Waals surface area contributed by atoms with Crippen molar-refractivity contribution in [2.75, 3.05) is 0 Å². The van der Waals surface area contributed by atoms with E-state index >= 15 is 0 Å². The van der Waals surface area contributed by atoms with Crippen molar-refractivity contribution in [1.29, 1.82) is 0 Å². The van der Waals surface area contributed by atoms with Crippen LogP contribution in [0, 0.1) is 48.7 Å². The molecule has 9 aliphatic carbocycles. The second-order valence-electron chi connectivity index (χ2n) is 33.9. The lowest BCUT2D eigenvalue weighted by molar-refractivity contribution is -0.135. The third kappa shape index (κ3) is 55.5. The van der Waals surface area contributed by atoms with E-state index < -0.39 is 0 Å². The minimum absolute atomic E-state index is 0. The van der Waals surface area contributed by atoms with Crippen LogP contribution in [0.4, 0.5) is 0 Å². The van der Waals surface area contributed by atoms with Crippen molar-refractivity contribution < 1.29 is 86.3 Å². The molecule has 9 aliphatic rings. The van der Waals surface area contributed by atoms with Crippen molar-refractivity contribution in [3.05, 3.63) is 0 Å². The van der Waals surface area contributed by atoms with Gasteiger partial charge in [0.05, 0.1) is 57.8 Å². The van der Waals surface area contributed by atoms with Gasteiger partial charge in [0.1, 0.15) is 104 Å². The lowest BCUT2D eigenvalue weighted by Gasteiger charge is -2.26. The average Bonchev–Trinajstić information content (AvgIpc) is 3.20. The van der Waals surface area contributed by atoms with E-state index in [0.29, 0.717) is 116 Å². The molecule has 0 radical (unpaired) electrons. The Hall–Kier alpha value is -1.62. The second-order valence-corrected chi connectivity index (χ2v) is 33.9. The Kier molecular flexibility index (Phi) is 57.7. The number of rotatable bonds is 0. The zero-order valence-electron chi connectivity index (χ0n) is 61.6. The molecule has 0 atom stereocenters. The zero-order valence-corrected chi connectivity index (χ0v) is 77.0. The maximum atomic E-state index is 10.9. The molecule has 0 aromatic rings. The minimum Gasteiger partial charge on any atom is -0.299 e. The van der Waals surface area contributed by atoms with Crippen LogP contribution in [0.15, 0.2) is 0 Å². The zero-order chi connectivity index (χ0) is 70.0. The van der Waals surface area contributed by atoms with Gasteiger partial charge in [-0.25, -0.2) is 0 Å². The monoisotopic (exact) mass is 1980 g/mol. The fourth-order valence-corrected chi connectivity index (χ4v) is 13.3. The number of ketones is 18. The minimum atomic E-state index is -0.0770. The highest BCUT2D eigenvalue weighted by Gasteiger charge is 2.37. The molecule has 99 heavy (non-hydrogen) atoms. The van der Waals surface area contributed by atoms with Gasteiger partial charge in [-0.05, 0) is 48.7 Å². The maximum absolute atomic E-state index is 10.9. The first kappa shape index (κ1) is 116. The summed E-state index contributed by atoms with van der Waals surface area (Å²) in [6, 6.07) is 0. The van der Waals surface area contributed by atoms with Crippen molar-refractivity contribution in [2.24, 2.45) is 48.7 Å². The molecule has 9 rings (SSSR count). The highest BCUT2D eigenvalue weighted by atomic mass is 79.9. The molecule has 0 aromatic heterocycles. The number of carbonyl (C=O) groups excluding carboxylic acids is 18. The van der Waals surface area contributed by atoms with Gasteiger partial charge in [0, 0.05) is 116 Å². The molecule has 0 saturated heterocycles. The normalized spacial score (nSPS) is 22.7. The molecule has 0 aliphatic heterocycles. The largest absolute Gasteiger partial charge is 0.299 e. The Morgan fingerprint density at radius 3 is 0.192 bits per heavy atom. The maximum Gasteiger partial charge on any atom is 0.140 e. The quantitative estimate of drug-likeness (QED) is 0.203. The topological polar surface area (TPSA) is 307 Å². The van der Waals surface area contributed by atoms with Gasteiger partial charge in [0.2, 0.25) is 0 Å². The van der Waals surface area contributed by atoms with Gasteiger partial charge in [-0.1, -0.05) is 125 Å². The third-order valence-electron chi connectivity index (χ3n) is 15.7. The number of carbonyl (C=O) groups is 18. The van der Waals surface area contributed by atoms with Crippen LogP contribution >= 0.6 is 153 Å². The summed E-state index contributed by atoms with van der Waals surface area (Å²) in [7, 11) is 0. The van der Waals surface area contributed by atoms with Crippen molar-refractivity contribution in [1.82, 2.24) is 0 Å². The number of hydrogen-bond acceptors (Lipinski definition) is 18. The van der Waals surface area contributed by atoms with Crippen LogP contribution in [-0.2, 0) is 86.3 Å². The molecule has 0 spiro atoms. The Labute approximate surface area is 683 Å². The van der Waals surface area contributed by atoms with E-state index in [0.717, 1.165) is 0 Å². The average molecular weight is 1990 g/mol. The summed E-state index contributed by atoms with van der Waals surface area (Å²) in [5.74, 6) is 1.77. The fraction of sp³-hybridized carbons (Fsp3) is 0.750. The van der Waals surface area contributed by atoms with Crippen molar-refractivity contribution in [2.45, 2.75) is 298 Å². The van der Waals surface area contributed by atoms with Crippen LogP contribution in [0.3, 0.4) is 0 Å². The van der Waals surface area contributed by atoms with Gasteiger partial charge in [-0.3, -0.25) is 86.3 Å². The Balaban J connectivity index is -0.000000130. The molecule has 18 nitrogen and oxygen atoms in total. The van der Waals surface area contributed by atoms with E-state index in [2.05, 4.69) is 0 Å². The standard InChI is InChI=1S/9C8H12O2.9BrH/c9*1-8(2)4-6(9)3-7(10)5-8;;;;;;;;;/h9*3-5H2,1-2H3;9*1H. The van der Waals surface area contributed by atoms with Gasteiger partial charge >= 0.3 is 0 Å². The van der Waals surface area contributed by atoms with Gasteiger partial charge in [0.15, 0.2) is 0 Å². The van der Waals surface area contributed by atoms with E-state index in [1.807, 2.05) is 125 Å². The summed E-state index contributed by atoms with van der Waals surface area (Å²) in [6.07, 6.45) is 11.8. The fourth-order valence-electron chi connectivity index (χ4n) is 13.3. The van der Waals surface area contributed by atoms with Crippen LogP contribution in [0.5, 0.6) is 0 Å². The van der Waals surface area contributed by atoms with Crippen molar-refractivity contribution in [3.8, 4) is 0 Å². The first-order chi connectivity index (χ1) is 40.5. The molecule has 0 amide bonds. The van der Waals surface area contributed by atoms with E-state index in [4.69, 9.17) is 0 Å². The predicted octanol–water partition coefficient (Wildman–Crippen LogP) is 17.2. The molecule has 0 N–H and O–H groups in total. The predicted molar refractivity (Wildman–Crippen MR) is 432 cm³/mol. The van der Waals surface area contributed by atoms with Gasteiger partial charge < -0.3 is 0 Å². The van der Waals surface area contributed by atoms with Gasteiger partial charge in [-0.2, -0.15) is 0 Å². The first-order valence-corrected chi connectivity index (χ1v) is 31.8. The number of Topliss-reactive ketones (excluding diaryl/α,β-unsaturated/α-hetero) is 18. The summed E-state index contributed by atoms with van der Waals surface area (Å²) >= 11 is 0. The summed E-state index contributed by atoms with van der Waals surface area (Å²) in [4.78, 5) is 196. The van der Waals surface area contributed by atoms with E-state index in [-0.39, 0.29) is 363 Å². The van der Waals surface area contributed by atoms with Crippen molar-refractivity contribution in [3.63, 3.8) is 0 Å². The molecule has 9 fully saturated rings. The molecule has 0 unspecified atom stereocenters. The molecule has 0 aromatic carbocycles.